The van der Waals surface area contributed by atoms with E-state index < -0.39 is 6.04 Å². The smallest absolute Gasteiger partial charge is 0.243 e. The van der Waals surface area contributed by atoms with Crippen molar-refractivity contribution in [3.63, 3.8) is 0 Å². The quantitative estimate of drug-likeness (QED) is 0.802. The van der Waals surface area contributed by atoms with Crippen LogP contribution >= 0.6 is 11.6 Å². The van der Waals surface area contributed by atoms with E-state index in [0.29, 0.717) is 37.5 Å². The lowest BCUT2D eigenvalue weighted by Crippen LogP contribution is -2.46. The van der Waals surface area contributed by atoms with Crippen LogP contribution in [0.15, 0.2) is 48.5 Å². The fourth-order valence-electron chi connectivity index (χ4n) is 3.47. The lowest BCUT2D eigenvalue weighted by Gasteiger charge is -2.24. The van der Waals surface area contributed by atoms with Crippen LogP contribution in [-0.4, -0.2) is 29.3 Å². The first-order valence-corrected chi connectivity index (χ1v) is 9.54. The second-order valence-corrected chi connectivity index (χ2v) is 7.18. The van der Waals surface area contributed by atoms with E-state index in [2.05, 4.69) is 5.32 Å². The molecule has 0 radical (unpaired) electrons. The normalized spacial score (nSPS) is 16.4. The number of nitrogens with two attached hydrogens (primary N) is 1. The highest BCUT2D eigenvalue weighted by Gasteiger charge is 2.33. The first-order chi connectivity index (χ1) is 13.1. The average molecular weight is 386 g/mol. The molecule has 1 unspecified atom stereocenters. The van der Waals surface area contributed by atoms with Crippen LogP contribution in [0.2, 0.25) is 5.02 Å². The molecule has 1 fully saturated rings. The molecule has 2 aromatic carbocycles. The lowest BCUT2D eigenvalue weighted by atomic mass is 10.1. The Hall–Kier alpha value is -2.37. The predicted octanol–water partition coefficient (Wildman–Crippen LogP) is 2.65. The summed E-state index contributed by atoms with van der Waals surface area (Å²) in [7, 11) is 0. The zero-order chi connectivity index (χ0) is 19.2. The van der Waals surface area contributed by atoms with Gasteiger partial charge in [-0.05, 0) is 41.7 Å². The number of rotatable bonds is 6. The third kappa shape index (κ3) is 4.87. The van der Waals surface area contributed by atoms with Crippen molar-refractivity contribution in [1.82, 2.24) is 10.2 Å². The Morgan fingerprint density at radius 3 is 2.67 bits per heavy atom. The lowest BCUT2D eigenvalue weighted by molar-refractivity contribution is -0.138. The van der Waals surface area contributed by atoms with Gasteiger partial charge in [-0.25, -0.2) is 0 Å². The largest absolute Gasteiger partial charge is 0.350 e. The van der Waals surface area contributed by atoms with Crippen molar-refractivity contribution in [2.24, 2.45) is 5.73 Å². The van der Waals surface area contributed by atoms with Crippen LogP contribution in [0.3, 0.4) is 0 Å². The molecule has 1 aliphatic rings. The van der Waals surface area contributed by atoms with Crippen LogP contribution in [0.5, 0.6) is 0 Å². The molecule has 27 heavy (non-hydrogen) atoms. The molecule has 1 saturated heterocycles. The summed E-state index contributed by atoms with van der Waals surface area (Å²) in [5.41, 5.74) is 8.56. The Bertz CT molecular complexity index is 810. The predicted molar refractivity (Wildman–Crippen MR) is 106 cm³/mol. The summed E-state index contributed by atoms with van der Waals surface area (Å²) < 4.78 is 0. The van der Waals surface area contributed by atoms with E-state index in [0.717, 1.165) is 23.1 Å². The van der Waals surface area contributed by atoms with E-state index in [1.165, 1.54) is 0 Å². The molecule has 0 aliphatic carbocycles. The number of carbonyl (C=O) groups is 2. The summed E-state index contributed by atoms with van der Waals surface area (Å²) in [6.45, 7) is 1.35. The number of nitrogens with zero attached hydrogens (tertiary/aromatic N) is 1. The van der Waals surface area contributed by atoms with Crippen molar-refractivity contribution in [3.05, 3.63) is 70.2 Å². The van der Waals surface area contributed by atoms with Crippen molar-refractivity contribution in [1.29, 1.82) is 0 Å². The van der Waals surface area contributed by atoms with Crippen molar-refractivity contribution in [2.45, 2.75) is 38.4 Å². The number of carbonyl (C=O) groups excluding carboxylic acids is 2. The maximum Gasteiger partial charge on any atom is 0.243 e. The van der Waals surface area contributed by atoms with Gasteiger partial charge in [0.25, 0.3) is 0 Å². The maximum absolute atomic E-state index is 12.7. The zero-order valence-corrected chi connectivity index (χ0v) is 15.9. The van der Waals surface area contributed by atoms with Gasteiger partial charge in [-0.3, -0.25) is 9.59 Å². The molecule has 1 atom stereocenters. The van der Waals surface area contributed by atoms with E-state index >= 15 is 0 Å². The first kappa shape index (κ1) is 19.4. The van der Waals surface area contributed by atoms with Crippen molar-refractivity contribution in [3.8, 4) is 0 Å². The summed E-state index contributed by atoms with van der Waals surface area (Å²) >= 11 is 6.05. The highest BCUT2D eigenvalue weighted by Crippen LogP contribution is 2.20. The third-order valence-electron chi connectivity index (χ3n) is 4.92. The first-order valence-electron chi connectivity index (χ1n) is 9.17. The summed E-state index contributed by atoms with van der Waals surface area (Å²) in [5.74, 6) is -0.138. The topological polar surface area (TPSA) is 75.4 Å². The summed E-state index contributed by atoms with van der Waals surface area (Å²) in [6.07, 6.45) is 1.84. The standard InChI is InChI=1S/C21H24ClN3O2/c22-18-9-8-16(13-23)17(12-18)14-24-21(27)19-7-4-10-25(19)20(26)11-15-5-2-1-3-6-15/h1-3,5-6,8-9,12,19H,4,7,10-11,13-14,23H2,(H,24,27). The van der Waals surface area contributed by atoms with Crippen molar-refractivity contribution in [2.75, 3.05) is 6.54 Å². The Kier molecular flexibility index (Phi) is 6.48. The number of hydrogen-bond acceptors (Lipinski definition) is 3. The molecular weight excluding hydrogens is 362 g/mol. The highest BCUT2D eigenvalue weighted by atomic mass is 35.5. The second-order valence-electron chi connectivity index (χ2n) is 6.74. The number of halogens is 1. The number of nitrogens with one attached hydrogen (secondary N) is 1. The van der Waals surface area contributed by atoms with E-state index in [4.69, 9.17) is 17.3 Å². The van der Waals surface area contributed by atoms with E-state index in [9.17, 15) is 9.59 Å². The van der Waals surface area contributed by atoms with Crippen LogP contribution in [0.4, 0.5) is 0 Å². The zero-order valence-electron chi connectivity index (χ0n) is 15.2. The van der Waals surface area contributed by atoms with Gasteiger partial charge >= 0.3 is 0 Å². The molecule has 5 nitrogen and oxygen atoms in total. The minimum absolute atomic E-state index is 0.00995. The second kappa shape index (κ2) is 9.02. The molecular formula is C21H24ClN3O2. The van der Waals surface area contributed by atoms with E-state index in [1.54, 1.807) is 11.0 Å². The fraction of sp³-hybridized carbons (Fsp3) is 0.333. The maximum atomic E-state index is 12.7. The highest BCUT2D eigenvalue weighted by molar-refractivity contribution is 6.30. The van der Waals surface area contributed by atoms with Gasteiger partial charge < -0.3 is 16.0 Å². The van der Waals surface area contributed by atoms with Crippen LogP contribution in [0.1, 0.15) is 29.5 Å². The van der Waals surface area contributed by atoms with Gasteiger partial charge in [0.1, 0.15) is 6.04 Å². The SMILES string of the molecule is NCc1ccc(Cl)cc1CNC(=O)C1CCCN1C(=O)Cc1ccccc1. The summed E-state index contributed by atoms with van der Waals surface area (Å²) in [5, 5.41) is 3.55. The van der Waals surface area contributed by atoms with Gasteiger partial charge in [0, 0.05) is 24.7 Å². The van der Waals surface area contributed by atoms with Crippen molar-refractivity contribution >= 4 is 23.4 Å². The molecule has 1 aliphatic heterocycles. The Labute approximate surface area is 164 Å². The molecule has 0 saturated carbocycles. The molecule has 1 heterocycles. The number of benzene rings is 2. The van der Waals surface area contributed by atoms with Gasteiger partial charge in [-0.15, -0.1) is 0 Å². The van der Waals surface area contributed by atoms with Gasteiger partial charge in [0.05, 0.1) is 6.42 Å². The van der Waals surface area contributed by atoms with Crippen LogP contribution in [-0.2, 0) is 29.1 Å². The summed E-state index contributed by atoms with van der Waals surface area (Å²) in [4.78, 5) is 27.1. The molecule has 2 aromatic rings. The van der Waals surface area contributed by atoms with Gasteiger partial charge in [0.2, 0.25) is 11.8 Å². The minimum atomic E-state index is -0.415. The molecule has 0 bridgehead atoms. The van der Waals surface area contributed by atoms with Crippen molar-refractivity contribution < 1.29 is 9.59 Å². The monoisotopic (exact) mass is 385 g/mol. The fourth-order valence-corrected chi connectivity index (χ4v) is 3.66. The Morgan fingerprint density at radius 2 is 1.93 bits per heavy atom. The number of likely N-dealkylation sites (tertiary alicyclic amines) is 1. The molecule has 0 spiro atoms. The van der Waals surface area contributed by atoms with E-state index in [-0.39, 0.29) is 11.8 Å². The number of hydrogen-bond donors (Lipinski definition) is 2. The van der Waals surface area contributed by atoms with Gasteiger partial charge in [-0.2, -0.15) is 0 Å². The Morgan fingerprint density at radius 1 is 1.15 bits per heavy atom. The van der Waals surface area contributed by atoms with E-state index in [1.807, 2.05) is 42.5 Å². The molecule has 0 aromatic heterocycles. The molecule has 3 rings (SSSR count). The minimum Gasteiger partial charge on any atom is -0.350 e. The molecule has 6 heteroatoms. The van der Waals surface area contributed by atoms with Gasteiger partial charge in [0.15, 0.2) is 0 Å². The molecule has 2 amide bonds. The summed E-state index contributed by atoms with van der Waals surface area (Å²) in [6, 6.07) is 14.7. The molecule has 3 N–H and O–H groups in total. The number of amides is 2. The van der Waals surface area contributed by atoms with Gasteiger partial charge in [-0.1, -0.05) is 48.0 Å². The molecule has 142 valence electrons. The third-order valence-corrected chi connectivity index (χ3v) is 5.15. The Balaban J connectivity index is 1.62. The van der Waals surface area contributed by atoms with Crippen LogP contribution in [0, 0.1) is 0 Å². The average Bonchev–Trinajstić information content (AvgIpc) is 3.17. The van der Waals surface area contributed by atoms with Crippen LogP contribution < -0.4 is 11.1 Å². The van der Waals surface area contributed by atoms with Crippen LogP contribution in [0.25, 0.3) is 0 Å².